The molecule has 40 heavy (non-hydrogen) atoms. The van der Waals surface area contributed by atoms with E-state index in [-0.39, 0.29) is 37.7 Å². The Bertz CT molecular complexity index is 1520. The summed E-state index contributed by atoms with van der Waals surface area (Å²) in [5.41, 5.74) is 0.276. The van der Waals surface area contributed by atoms with Crippen molar-refractivity contribution in [3.05, 3.63) is 64.2 Å². The van der Waals surface area contributed by atoms with Gasteiger partial charge in [0, 0.05) is 39.1 Å². The van der Waals surface area contributed by atoms with Crippen LogP contribution in [0.3, 0.4) is 0 Å². The predicted octanol–water partition coefficient (Wildman–Crippen LogP) is 3.69. The second-order valence-electron chi connectivity index (χ2n) is 9.94. The fourth-order valence-corrected chi connectivity index (χ4v) is 5.42. The Morgan fingerprint density at radius 1 is 1.10 bits per heavy atom. The monoisotopic (exact) mass is 567 g/mol. The van der Waals surface area contributed by atoms with E-state index in [0.717, 1.165) is 18.2 Å². The van der Waals surface area contributed by atoms with Gasteiger partial charge in [-0.25, -0.2) is 23.4 Å². The highest BCUT2D eigenvalue weighted by atomic mass is 19.4. The number of rotatable bonds is 4. The standard InChI is InChI=1S/C26H27F5N6O3/c27-18-4-1-3-17(21(18)28)15-6-7-19(23(38)36(13-15)14-26(29,30)31)33-24(39)35-11-8-16(9-12-35)37-20-5-2-10-32-22(20)34-25(37)40/h1-5,10,15-16,19H,6-9,11-14H2,(H,33,39)(H,32,34,40)/t15-,19-/m1/s1/i15D. The number of H-pyrrole nitrogens is 1. The number of aromatic amines is 1. The Morgan fingerprint density at radius 3 is 2.58 bits per heavy atom. The molecule has 0 unspecified atom stereocenters. The predicted molar refractivity (Wildman–Crippen MR) is 133 cm³/mol. The lowest BCUT2D eigenvalue weighted by molar-refractivity contribution is -0.162. The van der Waals surface area contributed by atoms with Crippen LogP contribution in [0.4, 0.5) is 26.7 Å². The van der Waals surface area contributed by atoms with Gasteiger partial charge in [-0.15, -0.1) is 0 Å². The minimum absolute atomic E-state index is 0.208. The topological polar surface area (TPSA) is 103 Å². The molecule has 2 saturated heterocycles. The molecule has 4 heterocycles. The van der Waals surface area contributed by atoms with Gasteiger partial charge in [-0.1, -0.05) is 12.1 Å². The molecular weight excluding hydrogens is 539 g/mol. The van der Waals surface area contributed by atoms with E-state index in [2.05, 4.69) is 15.3 Å². The van der Waals surface area contributed by atoms with Crippen LogP contribution in [0.1, 0.15) is 44.6 Å². The number of fused-ring (bicyclic) bond motifs is 1. The number of nitrogens with zero attached hydrogens (tertiary/aromatic N) is 4. The zero-order valence-corrected chi connectivity index (χ0v) is 21.2. The maximum Gasteiger partial charge on any atom is 0.406 e. The number of likely N-dealkylation sites (tertiary alicyclic amines) is 2. The molecule has 2 aliphatic heterocycles. The minimum Gasteiger partial charge on any atom is -0.331 e. The number of hydrogen-bond acceptors (Lipinski definition) is 4. The summed E-state index contributed by atoms with van der Waals surface area (Å²) in [6, 6.07) is 4.23. The molecule has 0 aliphatic carbocycles. The van der Waals surface area contributed by atoms with Gasteiger partial charge < -0.3 is 15.1 Å². The molecule has 5 rings (SSSR count). The fourth-order valence-electron chi connectivity index (χ4n) is 5.42. The average Bonchev–Trinajstić information content (AvgIpc) is 3.21. The third-order valence-corrected chi connectivity index (χ3v) is 7.33. The van der Waals surface area contributed by atoms with Crippen molar-refractivity contribution < 1.29 is 32.9 Å². The van der Waals surface area contributed by atoms with Crippen molar-refractivity contribution in [3.8, 4) is 0 Å². The van der Waals surface area contributed by atoms with Crippen molar-refractivity contribution in [3.63, 3.8) is 0 Å². The molecular formula is C26H27F5N6O3. The first kappa shape index (κ1) is 26.3. The van der Waals surface area contributed by atoms with Gasteiger partial charge in [0.15, 0.2) is 17.3 Å². The molecule has 2 atom stereocenters. The molecule has 0 spiro atoms. The van der Waals surface area contributed by atoms with Crippen LogP contribution in [0.25, 0.3) is 11.2 Å². The molecule has 3 amide bonds. The SMILES string of the molecule is [2H][C@@]1(c2cccc(F)c2F)CC[C@@H](NC(=O)N2CCC(n3c(=O)[nH]c4ncccc43)CC2)C(=O)N(CC(F)(F)F)C1. The molecule has 0 radical (unpaired) electrons. The average molecular weight is 568 g/mol. The van der Waals surface area contributed by atoms with Crippen LogP contribution < -0.4 is 11.0 Å². The van der Waals surface area contributed by atoms with Crippen LogP contribution in [0.15, 0.2) is 41.3 Å². The van der Waals surface area contributed by atoms with Gasteiger partial charge in [0.25, 0.3) is 0 Å². The molecule has 0 saturated carbocycles. The number of alkyl halides is 3. The number of nitrogens with one attached hydrogen (secondary N) is 2. The van der Waals surface area contributed by atoms with Gasteiger partial charge in [0.2, 0.25) is 5.91 Å². The number of piperidine rings is 1. The Labute approximate surface area is 226 Å². The summed E-state index contributed by atoms with van der Waals surface area (Å²) in [4.78, 5) is 47.4. The van der Waals surface area contributed by atoms with E-state index in [1.807, 2.05) is 0 Å². The van der Waals surface area contributed by atoms with Crippen LogP contribution in [0.2, 0.25) is 0 Å². The summed E-state index contributed by atoms with van der Waals surface area (Å²) in [5.74, 6) is -5.76. The van der Waals surface area contributed by atoms with Crippen molar-refractivity contribution in [1.82, 2.24) is 29.7 Å². The quantitative estimate of drug-likeness (QED) is 0.470. The maximum absolute atomic E-state index is 14.6. The van der Waals surface area contributed by atoms with E-state index in [1.54, 1.807) is 22.9 Å². The number of hydrogen-bond donors (Lipinski definition) is 2. The highest BCUT2D eigenvalue weighted by Gasteiger charge is 2.40. The van der Waals surface area contributed by atoms with Gasteiger partial charge in [-0.3, -0.25) is 14.3 Å². The van der Waals surface area contributed by atoms with Gasteiger partial charge in [0.05, 0.1) is 5.52 Å². The summed E-state index contributed by atoms with van der Waals surface area (Å²) < 4.78 is 79.0. The van der Waals surface area contributed by atoms with E-state index in [9.17, 15) is 36.3 Å². The first-order chi connectivity index (χ1) is 19.4. The van der Waals surface area contributed by atoms with Gasteiger partial charge >= 0.3 is 17.9 Å². The van der Waals surface area contributed by atoms with Gasteiger partial charge in [0.1, 0.15) is 12.6 Å². The van der Waals surface area contributed by atoms with Crippen LogP contribution in [0, 0.1) is 11.6 Å². The second-order valence-corrected chi connectivity index (χ2v) is 9.94. The number of amides is 3. The maximum atomic E-state index is 14.6. The molecule has 9 nitrogen and oxygen atoms in total. The van der Waals surface area contributed by atoms with E-state index >= 15 is 0 Å². The fraction of sp³-hybridized carbons (Fsp3) is 0.462. The number of carbonyl (C=O) groups excluding carboxylic acids is 2. The van der Waals surface area contributed by atoms with E-state index in [4.69, 9.17) is 1.37 Å². The summed E-state index contributed by atoms with van der Waals surface area (Å²) in [6.45, 7) is -2.13. The number of urea groups is 1. The lowest BCUT2D eigenvalue weighted by Crippen LogP contribution is -2.54. The number of aromatic nitrogens is 3. The summed E-state index contributed by atoms with van der Waals surface area (Å²) >= 11 is 0. The van der Waals surface area contributed by atoms with Crippen LogP contribution in [-0.4, -0.2) is 74.7 Å². The van der Waals surface area contributed by atoms with Crippen LogP contribution in [0.5, 0.6) is 0 Å². The number of carbonyl (C=O) groups is 2. The molecule has 214 valence electrons. The first-order valence-electron chi connectivity index (χ1n) is 13.3. The Hall–Kier alpha value is -3.97. The number of pyridine rings is 1. The zero-order valence-electron chi connectivity index (χ0n) is 22.2. The largest absolute Gasteiger partial charge is 0.406 e. The normalized spacial score (nSPS) is 23.3. The van der Waals surface area contributed by atoms with Crippen molar-refractivity contribution in [2.24, 2.45) is 0 Å². The number of imidazole rings is 1. The first-order valence-corrected chi connectivity index (χ1v) is 12.8. The minimum atomic E-state index is -4.83. The van der Waals surface area contributed by atoms with E-state index in [0.29, 0.717) is 28.9 Å². The highest BCUT2D eigenvalue weighted by Crippen LogP contribution is 2.32. The molecule has 2 fully saturated rings. The Morgan fingerprint density at radius 2 is 1.85 bits per heavy atom. The molecule has 2 aromatic heterocycles. The van der Waals surface area contributed by atoms with E-state index < -0.39 is 60.3 Å². The number of halogens is 5. The Kier molecular flexibility index (Phi) is 7.15. The Balaban J connectivity index is 1.30. The molecule has 3 aromatic rings. The molecule has 0 bridgehead atoms. The van der Waals surface area contributed by atoms with Crippen LogP contribution in [-0.2, 0) is 4.79 Å². The van der Waals surface area contributed by atoms with Crippen LogP contribution >= 0.6 is 0 Å². The molecule has 2 aliphatic rings. The van der Waals surface area contributed by atoms with Gasteiger partial charge in [-0.2, -0.15) is 13.2 Å². The third kappa shape index (κ3) is 5.65. The zero-order chi connectivity index (χ0) is 29.5. The van der Waals surface area contributed by atoms with Crippen molar-refractivity contribution in [1.29, 1.82) is 0 Å². The highest BCUT2D eigenvalue weighted by molar-refractivity contribution is 5.87. The van der Waals surface area contributed by atoms with Crippen molar-refractivity contribution >= 4 is 23.1 Å². The van der Waals surface area contributed by atoms with Gasteiger partial charge in [-0.05, 0) is 49.4 Å². The molecule has 14 heteroatoms. The third-order valence-electron chi connectivity index (χ3n) is 7.33. The molecule has 2 N–H and O–H groups in total. The van der Waals surface area contributed by atoms with Crippen molar-refractivity contribution in [2.45, 2.75) is 49.8 Å². The number of benzene rings is 1. The summed E-state index contributed by atoms with van der Waals surface area (Å²) in [6.07, 6.45) is -3.02. The smallest absolute Gasteiger partial charge is 0.331 e. The van der Waals surface area contributed by atoms with Crippen molar-refractivity contribution in [2.75, 3.05) is 26.2 Å². The summed E-state index contributed by atoms with van der Waals surface area (Å²) in [5, 5.41) is 2.49. The second kappa shape index (κ2) is 10.9. The lowest BCUT2D eigenvalue weighted by atomic mass is 9.93. The molecule has 1 aromatic carbocycles. The lowest BCUT2D eigenvalue weighted by Gasteiger charge is -2.34. The van der Waals surface area contributed by atoms with E-state index in [1.165, 1.54) is 4.90 Å². The summed E-state index contributed by atoms with van der Waals surface area (Å²) in [7, 11) is 0.